The lowest BCUT2D eigenvalue weighted by atomic mass is 10.1. The maximum Gasteiger partial charge on any atom is 0.330 e. The zero-order chi connectivity index (χ0) is 45.6. The van der Waals surface area contributed by atoms with E-state index >= 15 is 0 Å². The zero-order valence-electron chi connectivity index (χ0n) is 33.6. The van der Waals surface area contributed by atoms with Crippen LogP contribution >= 0.6 is 11.8 Å². The van der Waals surface area contributed by atoms with Crippen LogP contribution in [0, 0.1) is 0 Å². The Morgan fingerprint density at radius 3 is 1.92 bits per heavy atom. The summed E-state index contributed by atoms with van der Waals surface area (Å²) in [5.41, 5.74) is 0.556. The molecular weight excluding hydrogens is 850 g/mol. The van der Waals surface area contributed by atoms with Gasteiger partial charge >= 0.3 is 11.7 Å². The number of imidazole rings is 1. The number of hydrogen-bond acceptors (Lipinski definition) is 22. The maximum atomic E-state index is 11.7. The summed E-state index contributed by atoms with van der Waals surface area (Å²) in [7, 11) is 1.25. The van der Waals surface area contributed by atoms with Crippen LogP contribution in [-0.4, -0.2) is 199 Å². The number of thioether (sulfide) groups is 1. The first kappa shape index (κ1) is 48.4. The highest BCUT2D eigenvalue weighted by atomic mass is 32.2. The number of imide groups is 1. The molecule has 0 aromatic carbocycles. The number of carbonyl (C=O) groups excluding carboxylic acids is 2. The Morgan fingerprint density at radius 2 is 1.42 bits per heavy atom. The van der Waals surface area contributed by atoms with E-state index in [1.807, 2.05) is 18.2 Å². The number of aliphatic hydroxyl groups excluding tert-OH is 9. The number of methoxy groups -OCH3 is 1. The van der Waals surface area contributed by atoms with Crippen molar-refractivity contribution in [3.05, 3.63) is 45.5 Å². The van der Waals surface area contributed by atoms with Gasteiger partial charge in [0.1, 0.15) is 54.9 Å². The number of aliphatic hydroxyl groups is 9. The molecule has 12 atom stereocenters. The Kier molecular flexibility index (Phi) is 16.5. The van der Waals surface area contributed by atoms with E-state index in [1.165, 1.54) is 25.2 Å². The van der Waals surface area contributed by atoms with Gasteiger partial charge in [-0.2, -0.15) is 0 Å². The molecule has 3 aromatic heterocycles. The third-order valence-electron chi connectivity index (χ3n) is 10.1. The number of aromatic amines is 1. The minimum Gasteiger partial charge on any atom is -0.490 e. The van der Waals surface area contributed by atoms with Gasteiger partial charge in [-0.05, 0) is 19.6 Å². The van der Waals surface area contributed by atoms with Crippen molar-refractivity contribution in [3.8, 4) is 5.75 Å². The molecule has 7 rings (SSSR count). The van der Waals surface area contributed by atoms with Gasteiger partial charge in [-0.3, -0.25) is 33.9 Å². The third-order valence-corrected chi connectivity index (χ3v) is 10.6. The van der Waals surface area contributed by atoms with E-state index < -0.39 is 110 Å². The molecule has 4 saturated heterocycles. The number of fused-ring (bicyclic) bond motifs is 1. The van der Waals surface area contributed by atoms with Crippen molar-refractivity contribution < 1.29 is 74.5 Å². The van der Waals surface area contributed by atoms with Crippen molar-refractivity contribution in [1.29, 1.82) is 0 Å². The molecule has 0 unspecified atom stereocenters. The Hall–Kier alpha value is -4.62. The molecule has 3 amide bonds. The van der Waals surface area contributed by atoms with Gasteiger partial charge in [0, 0.05) is 19.5 Å². The monoisotopic (exact) mass is 901 g/mol. The molecule has 27 heteroatoms. The lowest BCUT2D eigenvalue weighted by Gasteiger charge is -2.32. The van der Waals surface area contributed by atoms with Crippen LogP contribution in [0.4, 0.5) is 10.6 Å². The quantitative estimate of drug-likeness (QED) is 0.0460. The number of amides is 3. The number of rotatable bonds is 12. The number of carbonyl (C=O) groups is 2. The molecule has 0 radical (unpaired) electrons. The fraction of sp³-hybridized carbons (Fsp3) is 0.629. The molecule has 26 nitrogen and oxygen atoms in total. The van der Waals surface area contributed by atoms with E-state index in [1.54, 1.807) is 4.57 Å². The molecular formula is C35H51N9O17S. The topological polar surface area (TPSA) is 379 Å². The standard InChI is InChI=1S/C16H23N5O4S.C10H14N2O7.C9H14N2O6/c1-8(2)4-5-17-13-10-14(20-16(19-13)26-3)21(7-18-10)15-12(24)11(23)9(6-22)25-15;1-18-4-2-12(10(17)11-8(4)16)9-7(15)6(14)5(3-13)19-9;12-3-4-6(14)7(15)8(17-4)11-2-1-5(13)10-9(11)16/h7,9,11-12,15,22-24H,1,4-6H2,2-3H3,(H,17,19,20);2,5-7,9,13-15H,3H2,1H3,(H,11,16,17);4,6-8,12,14-15H,1-3H2,(H,10,13,16)/t9-,11-,12-,15-;5-,6-,7-,9-;4-,6-,7-,8-/m111/s1. The average molecular weight is 902 g/mol. The van der Waals surface area contributed by atoms with Crippen LogP contribution < -0.4 is 26.6 Å². The van der Waals surface area contributed by atoms with Gasteiger partial charge in [-0.25, -0.2) is 24.5 Å². The van der Waals surface area contributed by atoms with Crippen LogP contribution in [0.1, 0.15) is 32.2 Å². The minimum absolute atomic E-state index is 0.108. The normalized spacial score (nSPS) is 30.7. The number of aromatic nitrogens is 6. The maximum absolute atomic E-state index is 11.7. The summed E-state index contributed by atoms with van der Waals surface area (Å²) >= 11 is 1.39. The Bertz CT molecular complexity index is 2160. The summed E-state index contributed by atoms with van der Waals surface area (Å²) in [5, 5.41) is 91.9. The number of nitrogens with one attached hydrogen (secondary N) is 3. The predicted octanol–water partition coefficient (Wildman–Crippen LogP) is -4.94. The molecule has 62 heavy (non-hydrogen) atoms. The highest BCUT2D eigenvalue weighted by molar-refractivity contribution is 7.98. The average Bonchev–Trinajstić information content (AvgIpc) is 3.97. The summed E-state index contributed by atoms with van der Waals surface area (Å²) < 4.78 is 23.2. The van der Waals surface area contributed by atoms with Crippen LogP contribution in [-0.2, 0) is 19.0 Å². The first-order chi connectivity index (χ1) is 29.5. The second-order valence-corrected chi connectivity index (χ2v) is 15.1. The van der Waals surface area contributed by atoms with Gasteiger partial charge in [0.05, 0.1) is 39.5 Å². The molecule has 4 aliphatic rings. The highest BCUT2D eigenvalue weighted by Gasteiger charge is 2.48. The van der Waals surface area contributed by atoms with Crippen molar-refractivity contribution in [2.45, 2.75) is 98.5 Å². The second kappa shape index (κ2) is 21.2. The summed E-state index contributed by atoms with van der Waals surface area (Å²) in [4.78, 5) is 61.8. The summed E-state index contributed by atoms with van der Waals surface area (Å²) in [6.07, 6.45) is -8.29. The molecule has 344 valence electrons. The lowest BCUT2D eigenvalue weighted by molar-refractivity contribution is -0.125. The first-order valence-corrected chi connectivity index (χ1v) is 20.3. The smallest absolute Gasteiger partial charge is 0.330 e. The largest absolute Gasteiger partial charge is 0.490 e. The van der Waals surface area contributed by atoms with Crippen molar-refractivity contribution in [1.82, 2.24) is 39.3 Å². The summed E-state index contributed by atoms with van der Waals surface area (Å²) in [6, 6.07) is -0.670. The van der Waals surface area contributed by atoms with Gasteiger partial charge in [0.15, 0.2) is 40.8 Å². The molecule has 0 bridgehead atoms. The second-order valence-electron chi connectivity index (χ2n) is 14.4. The Morgan fingerprint density at radius 1 is 0.871 bits per heavy atom. The van der Waals surface area contributed by atoms with Crippen LogP contribution in [0.25, 0.3) is 11.2 Å². The SMILES string of the molecule is C=C(C)CCNc1nc(SC)nc2c1ncn2[C@@H]1O[C@H](CO)[C@@H](O)[C@H]1O.COc1cn([C@@H]2O[C@H](CO)[C@@H](O)[C@H]2O)c(=O)[nH]c1=O.O=C1CCN([C@@H]2O[C@H](CO)[C@@H](O)[C@H]2O)C(=O)N1. The van der Waals surface area contributed by atoms with Crippen LogP contribution in [0.3, 0.4) is 0 Å². The first-order valence-electron chi connectivity index (χ1n) is 19.0. The molecule has 4 aliphatic heterocycles. The van der Waals surface area contributed by atoms with Crippen LogP contribution in [0.15, 0.2) is 39.4 Å². The minimum atomic E-state index is -1.41. The number of ether oxygens (including phenoxy) is 4. The van der Waals surface area contributed by atoms with Crippen molar-refractivity contribution in [2.75, 3.05) is 51.6 Å². The molecule has 0 aliphatic carbocycles. The van der Waals surface area contributed by atoms with Crippen LogP contribution in [0.5, 0.6) is 5.75 Å². The van der Waals surface area contributed by atoms with Crippen molar-refractivity contribution in [2.24, 2.45) is 0 Å². The van der Waals surface area contributed by atoms with Crippen LogP contribution in [0.2, 0.25) is 0 Å². The number of H-pyrrole nitrogens is 1. The van der Waals surface area contributed by atoms with Crippen molar-refractivity contribution in [3.63, 3.8) is 0 Å². The molecule has 0 saturated carbocycles. The number of urea groups is 1. The summed E-state index contributed by atoms with van der Waals surface area (Å²) in [6.45, 7) is 5.26. The third kappa shape index (κ3) is 10.4. The molecule has 4 fully saturated rings. The van der Waals surface area contributed by atoms with Crippen molar-refractivity contribution >= 4 is 40.7 Å². The van der Waals surface area contributed by atoms with Gasteiger partial charge in [-0.1, -0.05) is 17.3 Å². The van der Waals surface area contributed by atoms with E-state index in [2.05, 4.69) is 32.2 Å². The van der Waals surface area contributed by atoms with Gasteiger partial charge < -0.3 is 70.2 Å². The van der Waals surface area contributed by atoms with E-state index in [-0.39, 0.29) is 25.3 Å². The van der Waals surface area contributed by atoms with E-state index in [9.17, 15) is 54.9 Å². The molecule has 0 spiro atoms. The lowest BCUT2D eigenvalue weighted by Crippen LogP contribution is -2.56. The highest BCUT2D eigenvalue weighted by Crippen LogP contribution is 2.33. The number of anilines is 1. The Labute approximate surface area is 355 Å². The number of hydrogen-bond donors (Lipinski definition) is 12. The van der Waals surface area contributed by atoms with Gasteiger partial charge in [-0.15, -0.1) is 6.58 Å². The fourth-order valence-electron chi connectivity index (χ4n) is 6.67. The summed E-state index contributed by atoms with van der Waals surface area (Å²) in [5.74, 6) is 0.0569. The molecule has 7 heterocycles. The van der Waals surface area contributed by atoms with Gasteiger partial charge in [0.2, 0.25) is 11.7 Å². The number of nitrogens with zero attached hydrogens (tertiary/aromatic N) is 6. The Balaban J connectivity index is 0.000000181. The van der Waals surface area contributed by atoms with E-state index in [0.717, 1.165) is 27.7 Å². The molecule has 3 aromatic rings. The molecule has 12 N–H and O–H groups in total. The van der Waals surface area contributed by atoms with Gasteiger partial charge in [0.25, 0.3) is 5.56 Å². The van der Waals surface area contributed by atoms with E-state index in [0.29, 0.717) is 28.7 Å². The fourth-order valence-corrected chi connectivity index (χ4v) is 7.03. The van der Waals surface area contributed by atoms with E-state index in [4.69, 9.17) is 29.2 Å². The predicted molar refractivity (Wildman–Crippen MR) is 212 cm³/mol. The zero-order valence-corrected chi connectivity index (χ0v) is 34.4.